The van der Waals surface area contributed by atoms with Gasteiger partial charge in [0, 0.05) is 55.5 Å². The molecule has 1 saturated heterocycles. The van der Waals surface area contributed by atoms with Gasteiger partial charge in [-0.3, -0.25) is 14.0 Å². The summed E-state index contributed by atoms with van der Waals surface area (Å²) in [5.41, 5.74) is 2.07. The summed E-state index contributed by atoms with van der Waals surface area (Å²) in [6.45, 7) is 7.22. The number of aliphatic hydroxyl groups is 1. The third-order valence-corrected chi connectivity index (χ3v) is 9.49. The highest BCUT2D eigenvalue weighted by Gasteiger charge is 2.43. The second-order valence-corrected chi connectivity index (χ2v) is 12.4. The minimum absolute atomic E-state index is 0.00479. The summed E-state index contributed by atoms with van der Waals surface area (Å²) in [7, 11) is -2.54. The lowest BCUT2D eigenvalue weighted by molar-refractivity contribution is 0.0995. The van der Waals surface area contributed by atoms with E-state index in [0.29, 0.717) is 34.8 Å². The molecule has 1 aromatic heterocycles. The maximum atomic E-state index is 13.9. The SMILES string of the molecule is COc1ccccc1N1CCN(CCCN2/C(=C(\O)c3ccc(Cl)cc3)C(=O)c3c(C)cc(C)nc3S2(=O)=O)CC1. The molecule has 11 heteroatoms. The first kappa shape index (κ1) is 28.9. The molecule has 0 amide bonds. The Kier molecular flexibility index (Phi) is 8.26. The highest BCUT2D eigenvalue weighted by Crippen LogP contribution is 2.36. The summed E-state index contributed by atoms with van der Waals surface area (Å²) in [5.74, 6) is -0.149. The number of benzene rings is 2. The van der Waals surface area contributed by atoms with E-state index in [-0.39, 0.29) is 22.8 Å². The van der Waals surface area contributed by atoms with Gasteiger partial charge in [0.15, 0.2) is 10.8 Å². The quantitative estimate of drug-likeness (QED) is 0.310. The van der Waals surface area contributed by atoms with Crippen LogP contribution in [-0.4, -0.2) is 79.9 Å². The third-order valence-electron chi connectivity index (χ3n) is 7.51. The molecule has 2 aromatic carbocycles. The van der Waals surface area contributed by atoms with Crippen LogP contribution in [0.2, 0.25) is 5.02 Å². The number of ether oxygens (including phenoxy) is 1. The smallest absolute Gasteiger partial charge is 0.282 e. The molecule has 0 spiro atoms. The molecule has 41 heavy (non-hydrogen) atoms. The molecule has 0 bridgehead atoms. The first-order valence-electron chi connectivity index (χ1n) is 13.5. The minimum Gasteiger partial charge on any atom is -0.505 e. The molecule has 3 heterocycles. The van der Waals surface area contributed by atoms with Gasteiger partial charge in [-0.15, -0.1) is 0 Å². The van der Waals surface area contributed by atoms with Crippen LogP contribution >= 0.6 is 11.6 Å². The number of methoxy groups -OCH3 is 1. The van der Waals surface area contributed by atoms with Crippen molar-refractivity contribution < 1.29 is 23.1 Å². The number of aromatic nitrogens is 1. The summed E-state index contributed by atoms with van der Waals surface area (Å²) < 4.78 is 34.4. The lowest BCUT2D eigenvalue weighted by Crippen LogP contribution is -2.47. The van der Waals surface area contributed by atoms with Crippen molar-refractivity contribution >= 4 is 38.9 Å². The number of sulfonamides is 1. The van der Waals surface area contributed by atoms with E-state index in [0.717, 1.165) is 41.9 Å². The van der Waals surface area contributed by atoms with Gasteiger partial charge in [0.2, 0.25) is 5.78 Å². The van der Waals surface area contributed by atoms with E-state index in [2.05, 4.69) is 14.8 Å². The van der Waals surface area contributed by atoms with Gasteiger partial charge in [0.25, 0.3) is 10.0 Å². The second kappa shape index (κ2) is 11.7. The highest BCUT2D eigenvalue weighted by atomic mass is 35.5. The number of allylic oxidation sites excluding steroid dienone is 1. The predicted molar refractivity (Wildman–Crippen MR) is 159 cm³/mol. The fraction of sp³-hybridized carbons (Fsp3) is 0.333. The van der Waals surface area contributed by atoms with Gasteiger partial charge in [-0.2, -0.15) is 8.42 Å². The Morgan fingerprint density at radius 3 is 2.39 bits per heavy atom. The van der Waals surface area contributed by atoms with Gasteiger partial charge in [-0.05, 0) is 68.3 Å². The van der Waals surface area contributed by atoms with Crippen molar-refractivity contribution in [1.29, 1.82) is 0 Å². The highest BCUT2D eigenvalue weighted by molar-refractivity contribution is 7.89. The molecule has 5 rings (SSSR count). The summed E-state index contributed by atoms with van der Waals surface area (Å²) >= 11 is 6.02. The van der Waals surface area contributed by atoms with Crippen LogP contribution in [0.3, 0.4) is 0 Å². The standard InChI is InChI=1S/C30H33ClN4O5S/c1-20-19-21(2)32-30-26(20)29(37)27(28(36)22-9-11-23(31)12-10-22)35(41(30,38)39)14-6-13-33-15-17-34(18-16-33)24-7-4-5-8-25(24)40-3/h4-5,7-12,19,36H,6,13-18H2,1-3H3/b28-27-. The van der Waals surface area contributed by atoms with Gasteiger partial charge in [-0.1, -0.05) is 23.7 Å². The number of aliphatic hydroxyl groups excluding tert-OH is 1. The number of pyridine rings is 1. The molecule has 1 fully saturated rings. The first-order chi connectivity index (χ1) is 19.6. The molecule has 0 aliphatic carbocycles. The normalized spacial score (nSPS) is 18.3. The minimum atomic E-state index is -4.21. The summed E-state index contributed by atoms with van der Waals surface area (Å²) in [5, 5.41) is 11.5. The number of rotatable bonds is 7. The van der Waals surface area contributed by atoms with Gasteiger partial charge in [-0.25, -0.2) is 4.98 Å². The summed E-state index contributed by atoms with van der Waals surface area (Å²) in [4.78, 5) is 22.6. The molecule has 0 saturated carbocycles. The number of para-hydroxylation sites is 2. The number of piperazine rings is 1. The maximum absolute atomic E-state index is 13.9. The molecule has 9 nitrogen and oxygen atoms in total. The number of carbonyl (C=O) groups excluding carboxylic acids is 1. The van der Waals surface area contributed by atoms with E-state index < -0.39 is 21.6 Å². The van der Waals surface area contributed by atoms with E-state index >= 15 is 0 Å². The largest absolute Gasteiger partial charge is 0.505 e. The number of hydrogen-bond acceptors (Lipinski definition) is 8. The average molecular weight is 597 g/mol. The van der Waals surface area contributed by atoms with E-state index in [1.165, 1.54) is 0 Å². The molecule has 0 radical (unpaired) electrons. The average Bonchev–Trinajstić information content (AvgIpc) is 2.96. The van der Waals surface area contributed by atoms with Crippen molar-refractivity contribution in [1.82, 2.24) is 14.2 Å². The Morgan fingerprint density at radius 1 is 1.02 bits per heavy atom. The van der Waals surface area contributed by atoms with Gasteiger partial charge < -0.3 is 14.7 Å². The van der Waals surface area contributed by atoms with E-state index in [1.54, 1.807) is 51.3 Å². The number of ketones is 1. The third kappa shape index (κ3) is 5.64. The van der Waals surface area contributed by atoms with Crippen molar-refractivity contribution in [2.75, 3.05) is 51.3 Å². The Bertz CT molecular complexity index is 1600. The van der Waals surface area contributed by atoms with Crippen molar-refractivity contribution in [3.8, 4) is 5.75 Å². The molecule has 3 aromatic rings. The van der Waals surface area contributed by atoms with E-state index in [9.17, 15) is 18.3 Å². The number of halogens is 1. The molecule has 216 valence electrons. The van der Waals surface area contributed by atoms with E-state index in [4.69, 9.17) is 16.3 Å². The van der Waals surface area contributed by atoms with Crippen molar-refractivity contribution in [3.63, 3.8) is 0 Å². The predicted octanol–water partition coefficient (Wildman–Crippen LogP) is 4.69. The van der Waals surface area contributed by atoms with Gasteiger partial charge in [0.1, 0.15) is 11.4 Å². The molecule has 2 aliphatic rings. The van der Waals surface area contributed by atoms with Crippen LogP contribution in [0.15, 0.2) is 65.3 Å². The number of hydrogen-bond donors (Lipinski definition) is 1. The number of aryl methyl sites for hydroxylation is 2. The fourth-order valence-electron chi connectivity index (χ4n) is 5.47. The molecule has 2 aliphatic heterocycles. The van der Waals surface area contributed by atoms with Crippen LogP contribution in [0.5, 0.6) is 5.75 Å². The second-order valence-electron chi connectivity index (χ2n) is 10.2. The topological polar surface area (TPSA) is 103 Å². The molecular weight excluding hydrogens is 564 g/mol. The molecule has 0 unspecified atom stereocenters. The zero-order valence-electron chi connectivity index (χ0n) is 23.3. The Morgan fingerprint density at radius 2 is 1.71 bits per heavy atom. The zero-order chi connectivity index (χ0) is 29.3. The van der Waals surface area contributed by atoms with Crippen molar-refractivity contribution in [2.45, 2.75) is 25.3 Å². The van der Waals surface area contributed by atoms with Crippen LogP contribution in [0, 0.1) is 13.8 Å². The number of fused-ring (bicyclic) bond motifs is 1. The molecule has 1 N–H and O–H groups in total. The Balaban J connectivity index is 1.38. The Hall–Kier alpha value is -3.60. The summed E-state index contributed by atoms with van der Waals surface area (Å²) in [6.07, 6.45) is 0.457. The van der Waals surface area contributed by atoms with Crippen LogP contribution < -0.4 is 9.64 Å². The lowest BCUT2D eigenvalue weighted by Gasteiger charge is -2.37. The van der Waals surface area contributed by atoms with Crippen LogP contribution in [0.1, 0.15) is 33.6 Å². The number of anilines is 1. The maximum Gasteiger partial charge on any atom is 0.282 e. The molecule has 0 atom stereocenters. The van der Waals surface area contributed by atoms with Crippen molar-refractivity contribution in [3.05, 3.63) is 87.7 Å². The fourth-order valence-corrected chi connectivity index (χ4v) is 7.35. The number of nitrogens with zero attached hydrogens (tertiary/aromatic N) is 4. The van der Waals surface area contributed by atoms with Crippen molar-refractivity contribution in [2.24, 2.45) is 0 Å². The molecular formula is C30H33ClN4O5S. The summed E-state index contributed by atoms with van der Waals surface area (Å²) in [6, 6.07) is 15.9. The lowest BCUT2D eigenvalue weighted by atomic mass is 10.0. The monoisotopic (exact) mass is 596 g/mol. The number of Topliss-reactive ketones (excluding diaryl/α,β-unsaturated/α-hetero) is 1. The van der Waals surface area contributed by atoms with E-state index in [1.807, 2.05) is 24.3 Å². The van der Waals surface area contributed by atoms with Crippen LogP contribution in [0.4, 0.5) is 5.69 Å². The van der Waals surface area contributed by atoms with Gasteiger partial charge in [0.05, 0.1) is 18.4 Å². The van der Waals surface area contributed by atoms with Crippen LogP contribution in [-0.2, 0) is 10.0 Å². The van der Waals surface area contributed by atoms with Gasteiger partial charge >= 0.3 is 0 Å². The number of carbonyl (C=O) groups is 1. The Labute approximate surface area is 245 Å². The van der Waals surface area contributed by atoms with Crippen LogP contribution in [0.25, 0.3) is 5.76 Å². The zero-order valence-corrected chi connectivity index (χ0v) is 24.9. The first-order valence-corrected chi connectivity index (χ1v) is 15.3.